The van der Waals surface area contributed by atoms with Gasteiger partial charge in [0.05, 0.1) is 21.0 Å². The minimum atomic E-state index is -3.76. The lowest BCUT2D eigenvalue weighted by Crippen LogP contribution is -2.43. The van der Waals surface area contributed by atoms with E-state index < -0.39 is 15.9 Å². The predicted octanol–water partition coefficient (Wildman–Crippen LogP) is 3.94. The van der Waals surface area contributed by atoms with Gasteiger partial charge in [-0.05, 0) is 74.1 Å². The third-order valence-electron chi connectivity index (χ3n) is 6.72. The molecular weight excluding hydrogens is 484 g/mol. The smallest absolute Gasteiger partial charge is 0.243 e. The van der Waals surface area contributed by atoms with E-state index in [2.05, 4.69) is 10.3 Å². The maximum Gasteiger partial charge on any atom is 0.243 e. The number of rotatable bonds is 4. The molecule has 0 spiro atoms. The van der Waals surface area contributed by atoms with Crippen LogP contribution in [0.3, 0.4) is 0 Å². The second-order valence-electron chi connectivity index (χ2n) is 9.25. The summed E-state index contributed by atoms with van der Waals surface area (Å²) in [5, 5.41) is 3.43. The second kappa shape index (κ2) is 9.33. The summed E-state index contributed by atoms with van der Waals surface area (Å²) in [4.78, 5) is 31.4. The Hall–Kier alpha value is -2.82. The number of benzene rings is 2. The van der Waals surface area contributed by atoms with Crippen LogP contribution in [-0.4, -0.2) is 49.2 Å². The number of piperidine rings is 1. The van der Waals surface area contributed by atoms with Crippen molar-refractivity contribution in [1.29, 1.82) is 0 Å². The largest absolute Gasteiger partial charge is 0.312 e. The number of amides is 2. The molecule has 3 aromatic rings. The van der Waals surface area contributed by atoms with Crippen LogP contribution in [0.4, 0.5) is 10.8 Å². The molecule has 184 valence electrons. The first kappa shape index (κ1) is 23.9. The van der Waals surface area contributed by atoms with Crippen LogP contribution in [0.2, 0.25) is 0 Å². The number of aryl methyl sites for hydroxylation is 2. The molecule has 0 unspecified atom stereocenters. The van der Waals surface area contributed by atoms with E-state index in [4.69, 9.17) is 0 Å². The van der Waals surface area contributed by atoms with Gasteiger partial charge >= 0.3 is 0 Å². The minimum Gasteiger partial charge on any atom is -0.312 e. The predicted molar refractivity (Wildman–Crippen MR) is 137 cm³/mol. The molecule has 1 saturated heterocycles. The highest BCUT2D eigenvalue weighted by molar-refractivity contribution is 7.89. The molecular formula is C25H28N4O4S2. The van der Waals surface area contributed by atoms with E-state index in [0.717, 1.165) is 39.9 Å². The number of hydrogen-bond donors (Lipinski definition) is 1. The lowest BCUT2D eigenvalue weighted by Gasteiger charge is -2.32. The van der Waals surface area contributed by atoms with Crippen LogP contribution >= 0.6 is 11.3 Å². The fourth-order valence-electron chi connectivity index (χ4n) is 4.88. The third-order valence-corrected chi connectivity index (χ3v) is 9.51. The van der Waals surface area contributed by atoms with E-state index in [0.29, 0.717) is 31.1 Å². The fraction of sp³-hybridized carbons (Fsp3) is 0.400. The van der Waals surface area contributed by atoms with Gasteiger partial charge in [0, 0.05) is 32.2 Å². The summed E-state index contributed by atoms with van der Waals surface area (Å²) in [6.07, 6.45) is 2.77. The Morgan fingerprint density at radius 2 is 1.94 bits per heavy atom. The van der Waals surface area contributed by atoms with Gasteiger partial charge in [0.25, 0.3) is 0 Å². The van der Waals surface area contributed by atoms with Crippen molar-refractivity contribution in [2.75, 3.05) is 29.9 Å². The van der Waals surface area contributed by atoms with E-state index in [-0.39, 0.29) is 23.3 Å². The number of carbonyl (C=O) groups is 2. The van der Waals surface area contributed by atoms with Gasteiger partial charge < -0.3 is 10.2 Å². The van der Waals surface area contributed by atoms with Crippen molar-refractivity contribution in [3.63, 3.8) is 0 Å². The van der Waals surface area contributed by atoms with Gasteiger partial charge in [0.15, 0.2) is 5.13 Å². The van der Waals surface area contributed by atoms with Gasteiger partial charge in [0.2, 0.25) is 21.8 Å². The molecule has 2 aromatic carbocycles. The van der Waals surface area contributed by atoms with Crippen molar-refractivity contribution < 1.29 is 18.0 Å². The summed E-state index contributed by atoms with van der Waals surface area (Å²) in [6, 6.07) is 10.9. The molecule has 3 heterocycles. The van der Waals surface area contributed by atoms with Crippen molar-refractivity contribution in [1.82, 2.24) is 9.29 Å². The number of thiazole rings is 1. The van der Waals surface area contributed by atoms with Gasteiger partial charge in [-0.25, -0.2) is 13.4 Å². The monoisotopic (exact) mass is 512 g/mol. The SMILES string of the molecule is CC(=O)N1CCCc2cc(S(=O)(=O)N3CCC[C@@H](C(=O)Nc4nc5ccc(C)cc5s4)C3)ccc21. The Morgan fingerprint density at radius 3 is 2.74 bits per heavy atom. The lowest BCUT2D eigenvalue weighted by molar-refractivity contribution is -0.121. The van der Waals surface area contributed by atoms with Crippen LogP contribution < -0.4 is 10.2 Å². The topological polar surface area (TPSA) is 99.7 Å². The number of fused-ring (bicyclic) bond motifs is 2. The van der Waals surface area contributed by atoms with Crippen molar-refractivity contribution in [2.24, 2.45) is 5.92 Å². The lowest BCUT2D eigenvalue weighted by atomic mass is 9.99. The molecule has 1 aromatic heterocycles. The third kappa shape index (κ3) is 4.70. The molecule has 8 nitrogen and oxygen atoms in total. The zero-order valence-electron chi connectivity index (χ0n) is 19.8. The molecule has 0 radical (unpaired) electrons. The number of nitrogens with one attached hydrogen (secondary N) is 1. The normalized spacial score (nSPS) is 18.9. The Balaban J connectivity index is 1.32. The van der Waals surface area contributed by atoms with Gasteiger partial charge in [0.1, 0.15) is 0 Å². The molecule has 0 saturated carbocycles. The summed E-state index contributed by atoms with van der Waals surface area (Å²) in [5.41, 5.74) is 3.61. The first-order valence-electron chi connectivity index (χ1n) is 11.8. The highest BCUT2D eigenvalue weighted by atomic mass is 32.2. The van der Waals surface area contributed by atoms with Crippen LogP contribution in [0.25, 0.3) is 10.2 Å². The second-order valence-corrected chi connectivity index (χ2v) is 12.2. The molecule has 1 fully saturated rings. The average Bonchev–Trinajstić information content (AvgIpc) is 3.24. The number of anilines is 2. The van der Waals surface area contributed by atoms with Crippen molar-refractivity contribution in [3.05, 3.63) is 47.5 Å². The minimum absolute atomic E-state index is 0.0466. The summed E-state index contributed by atoms with van der Waals surface area (Å²) < 4.78 is 29.4. The van der Waals surface area contributed by atoms with Crippen LogP contribution in [0.15, 0.2) is 41.3 Å². The molecule has 10 heteroatoms. The van der Waals surface area contributed by atoms with Crippen LogP contribution in [0, 0.1) is 12.8 Å². The van der Waals surface area contributed by atoms with Gasteiger partial charge in [-0.3, -0.25) is 9.59 Å². The van der Waals surface area contributed by atoms with Crippen molar-refractivity contribution in [2.45, 2.75) is 44.4 Å². The number of aromatic nitrogens is 1. The van der Waals surface area contributed by atoms with Crippen LogP contribution in [0.1, 0.15) is 37.3 Å². The Bertz CT molecular complexity index is 1420. The van der Waals surface area contributed by atoms with E-state index >= 15 is 0 Å². The van der Waals surface area contributed by atoms with Crippen molar-refractivity contribution in [3.8, 4) is 0 Å². The summed E-state index contributed by atoms with van der Waals surface area (Å²) in [6.45, 7) is 4.69. The Morgan fingerprint density at radius 1 is 1.11 bits per heavy atom. The number of sulfonamides is 1. The van der Waals surface area contributed by atoms with E-state index in [1.807, 2.05) is 25.1 Å². The highest BCUT2D eigenvalue weighted by Crippen LogP contribution is 2.32. The van der Waals surface area contributed by atoms with E-state index in [9.17, 15) is 18.0 Å². The molecule has 2 aliphatic rings. The molecule has 0 aliphatic carbocycles. The quantitative estimate of drug-likeness (QED) is 0.571. The van der Waals surface area contributed by atoms with E-state index in [1.165, 1.54) is 22.6 Å². The molecule has 2 amide bonds. The first-order valence-corrected chi connectivity index (χ1v) is 14.1. The molecule has 5 rings (SSSR count). The zero-order valence-corrected chi connectivity index (χ0v) is 21.4. The van der Waals surface area contributed by atoms with Gasteiger partial charge in [-0.2, -0.15) is 4.31 Å². The molecule has 2 aliphatic heterocycles. The number of nitrogens with zero attached hydrogens (tertiary/aromatic N) is 3. The zero-order chi connectivity index (χ0) is 24.7. The van der Waals surface area contributed by atoms with E-state index in [1.54, 1.807) is 23.1 Å². The maximum absolute atomic E-state index is 13.5. The maximum atomic E-state index is 13.5. The average molecular weight is 513 g/mol. The Kier molecular flexibility index (Phi) is 6.37. The molecule has 1 atom stereocenters. The molecule has 0 bridgehead atoms. The molecule has 35 heavy (non-hydrogen) atoms. The highest BCUT2D eigenvalue weighted by Gasteiger charge is 2.34. The summed E-state index contributed by atoms with van der Waals surface area (Å²) >= 11 is 1.42. The fourth-order valence-corrected chi connectivity index (χ4v) is 7.42. The standard InChI is InChI=1S/C25H28N4O4S2/c1-16-7-9-21-23(13-16)34-25(26-21)27-24(31)19-6-3-11-28(15-19)35(32,33)20-8-10-22-18(14-20)5-4-12-29(22)17(2)30/h7-10,13-14,19H,3-6,11-12,15H2,1-2H3,(H,26,27,31)/t19-/m1/s1. The Labute approximate surface area is 209 Å². The summed E-state index contributed by atoms with van der Waals surface area (Å²) in [5.74, 6) is -0.698. The molecule has 1 N–H and O–H groups in total. The van der Waals surface area contributed by atoms with Crippen LogP contribution in [-0.2, 0) is 26.0 Å². The number of carbonyl (C=O) groups excluding carboxylic acids is 2. The van der Waals surface area contributed by atoms with Gasteiger partial charge in [-0.15, -0.1) is 0 Å². The van der Waals surface area contributed by atoms with Crippen molar-refractivity contribution >= 4 is 54.2 Å². The first-order chi connectivity index (χ1) is 16.7. The van der Waals surface area contributed by atoms with Gasteiger partial charge in [-0.1, -0.05) is 17.4 Å². The van der Waals surface area contributed by atoms with Crippen LogP contribution in [0.5, 0.6) is 0 Å². The summed E-state index contributed by atoms with van der Waals surface area (Å²) in [7, 11) is -3.76. The number of hydrogen-bond acceptors (Lipinski definition) is 6.